The van der Waals surface area contributed by atoms with Crippen molar-refractivity contribution in [2.45, 2.75) is 13.1 Å². The van der Waals surface area contributed by atoms with E-state index in [1.807, 2.05) is 0 Å². The number of halogens is 3. The summed E-state index contributed by atoms with van der Waals surface area (Å²) in [5.74, 6) is -0.868. The first-order valence-corrected chi connectivity index (χ1v) is 5.48. The third-order valence-corrected chi connectivity index (χ3v) is 2.23. The van der Waals surface area contributed by atoms with E-state index < -0.39 is 17.7 Å². The zero-order valence-corrected chi connectivity index (χ0v) is 10.5. The summed E-state index contributed by atoms with van der Waals surface area (Å²) in [7, 11) is 1.45. The van der Waals surface area contributed by atoms with E-state index in [0.717, 1.165) is 6.08 Å². The fourth-order valence-electron chi connectivity index (χ4n) is 1.33. The van der Waals surface area contributed by atoms with Gasteiger partial charge in [0, 0.05) is 0 Å². The normalized spacial score (nSPS) is 12.2. The molecule has 0 saturated heterocycles. The summed E-state index contributed by atoms with van der Waals surface area (Å²) in [6.45, 7) is 1.33. The summed E-state index contributed by atoms with van der Waals surface area (Å²) in [6.07, 6.45) is -4.01. The zero-order valence-electron chi connectivity index (χ0n) is 10.5. The van der Waals surface area contributed by atoms with Crippen molar-refractivity contribution in [2.24, 2.45) is 0 Å². The van der Waals surface area contributed by atoms with Gasteiger partial charge in [0.25, 0.3) is 0 Å². The maximum absolute atomic E-state index is 12.7. The van der Waals surface area contributed by atoms with Crippen LogP contribution in [-0.2, 0) is 9.53 Å². The van der Waals surface area contributed by atoms with Gasteiger partial charge in [-0.25, -0.2) is 4.79 Å². The molecule has 104 valence electrons. The Labute approximate surface area is 108 Å². The highest BCUT2D eigenvalue weighted by Gasteiger charge is 2.39. The fourth-order valence-corrected chi connectivity index (χ4v) is 1.33. The molecular weight excluding hydrogens is 261 g/mol. The lowest BCUT2D eigenvalue weighted by atomic mass is 10.1. The second kappa shape index (κ2) is 6.26. The van der Waals surface area contributed by atoms with Gasteiger partial charge in [0.15, 0.2) is 0 Å². The van der Waals surface area contributed by atoms with Crippen LogP contribution < -0.4 is 4.74 Å². The van der Waals surface area contributed by atoms with Crippen molar-refractivity contribution in [1.29, 1.82) is 0 Å². The minimum atomic E-state index is -4.76. The molecule has 0 aliphatic carbocycles. The zero-order chi connectivity index (χ0) is 14.5. The Balaban J connectivity index is 3.08. The summed E-state index contributed by atoms with van der Waals surface area (Å²) in [4.78, 5) is 11.3. The van der Waals surface area contributed by atoms with Crippen LogP contribution in [0.3, 0.4) is 0 Å². The van der Waals surface area contributed by atoms with Crippen LogP contribution in [0.15, 0.2) is 29.8 Å². The Kier molecular flexibility index (Phi) is 4.97. The number of alkyl halides is 3. The average Bonchev–Trinajstić information content (AvgIpc) is 2.35. The second-order valence-corrected chi connectivity index (χ2v) is 3.55. The van der Waals surface area contributed by atoms with Gasteiger partial charge < -0.3 is 9.47 Å². The minimum absolute atomic E-state index is 0.116. The molecule has 0 N–H and O–H groups in total. The summed E-state index contributed by atoms with van der Waals surface area (Å²) in [5, 5.41) is 0. The van der Waals surface area contributed by atoms with Crippen LogP contribution in [-0.4, -0.2) is 25.9 Å². The first-order valence-electron chi connectivity index (χ1n) is 5.48. The molecule has 1 aromatic rings. The summed E-state index contributed by atoms with van der Waals surface area (Å²) < 4.78 is 47.5. The number of hydrogen-bond acceptors (Lipinski definition) is 3. The third kappa shape index (κ3) is 4.31. The molecule has 1 rings (SSSR count). The number of rotatable bonds is 4. The van der Waals surface area contributed by atoms with Crippen molar-refractivity contribution >= 4 is 12.0 Å². The van der Waals surface area contributed by atoms with Gasteiger partial charge in [-0.2, -0.15) is 13.2 Å². The number of methoxy groups -OCH3 is 1. The van der Waals surface area contributed by atoms with E-state index in [9.17, 15) is 18.0 Å². The molecule has 0 saturated carbocycles. The van der Waals surface area contributed by atoms with E-state index in [1.165, 1.54) is 38.3 Å². The first-order chi connectivity index (χ1) is 8.88. The Bertz CT molecular complexity index is 461. The molecule has 0 atom stereocenters. The molecule has 0 aliphatic heterocycles. The number of carbonyl (C=O) groups is 1. The average molecular weight is 274 g/mol. The van der Waals surface area contributed by atoms with E-state index in [-0.39, 0.29) is 12.2 Å². The van der Waals surface area contributed by atoms with Gasteiger partial charge in [-0.3, -0.25) is 0 Å². The molecule has 0 spiro atoms. The van der Waals surface area contributed by atoms with Crippen LogP contribution in [0.2, 0.25) is 0 Å². The molecule has 0 bridgehead atoms. The fraction of sp³-hybridized carbons (Fsp3) is 0.308. The highest BCUT2D eigenvalue weighted by molar-refractivity contribution is 5.95. The molecule has 1 aromatic carbocycles. The molecule has 0 amide bonds. The monoisotopic (exact) mass is 274 g/mol. The van der Waals surface area contributed by atoms with Gasteiger partial charge >= 0.3 is 12.1 Å². The molecule has 0 fully saturated rings. The number of carbonyl (C=O) groups excluding carboxylic acids is 1. The van der Waals surface area contributed by atoms with E-state index >= 15 is 0 Å². The maximum atomic E-state index is 12.7. The number of esters is 1. The highest BCUT2D eigenvalue weighted by atomic mass is 19.4. The van der Waals surface area contributed by atoms with Crippen molar-refractivity contribution in [3.8, 4) is 5.75 Å². The van der Waals surface area contributed by atoms with Crippen LogP contribution in [0.1, 0.15) is 12.5 Å². The molecule has 0 aliphatic rings. The van der Waals surface area contributed by atoms with Crippen molar-refractivity contribution in [3.05, 3.63) is 35.4 Å². The number of ether oxygens (including phenoxy) is 2. The van der Waals surface area contributed by atoms with Gasteiger partial charge in [-0.15, -0.1) is 0 Å². The molecular formula is C13H13F3O3. The van der Waals surface area contributed by atoms with E-state index in [2.05, 4.69) is 4.74 Å². The van der Waals surface area contributed by atoms with E-state index in [0.29, 0.717) is 5.75 Å². The van der Waals surface area contributed by atoms with Crippen LogP contribution >= 0.6 is 0 Å². The largest absolute Gasteiger partial charge is 0.497 e. The van der Waals surface area contributed by atoms with Crippen molar-refractivity contribution in [1.82, 2.24) is 0 Å². The molecule has 0 aromatic heterocycles. The van der Waals surface area contributed by atoms with Crippen molar-refractivity contribution in [3.63, 3.8) is 0 Å². The maximum Gasteiger partial charge on any atom is 0.423 e. The Morgan fingerprint density at radius 1 is 1.26 bits per heavy atom. The van der Waals surface area contributed by atoms with Gasteiger partial charge in [0.1, 0.15) is 11.3 Å². The van der Waals surface area contributed by atoms with Crippen molar-refractivity contribution in [2.75, 3.05) is 13.7 Å². The second-order valence-electron chi connectivity index (χ2n) is 3.55. The summed E-state index contributed by atoms with van der Waals surface area (Å²) in [5.41, 5.74) is -1.10. The Morgan fingerprint density at radius 2 is 1.84 bits per heavy atom. The third-order valence-electron chi connectivity index (χ3n) is 2.23. The highest BCUT2D eigenvalue weighted by Crippen LogP contribution is 2.29. The first kappa shape index (κ1) is 15.1. The molecule has 0 radical (unpaired) electrons. The molecule has 19 heavy (non-hydrogen) atoms. The van der Waals surface area contributed by atoms with Gasteiger partial charge in [-0.05, 0) is 30.7 Å². The van der Waals surface area contributed by atoms with Crippen molar-refractivity contribution < 1.29 is 27.4 Å². The van der Waals surface area contributed by atoms with Crippen LogP contribution in [0.5, 0.6) is 5.75 Å². The topological polar surface area (TPSA) is 35.5 Å². The van der Waals surface area contributed by atoms with Gasteiger partial charge in [0.05, 0.1) is 13.7 Å². The smallest absolute Gasteiger partial charge is 0.423 e. The lowest BCUT2D eigenvalue weighted by molar-refractivity contribution is -0.149. The quantitative estimate of drug-likeness (QED) is 0.624. The predicted octanol–water partition coefficient (Wildman–Crippen LogP) is 3.20. The summed E-state index contributed by atoms with van der Waals surface area (Å²) >= 11 is 0. The number of hydrogen-bond donors (Lipinski definition) is 0. The van der Waals surface area contributed by atoms with E-state index in [1.54, 1.807) is 0 Å². The standard InChI is InChI=1S/C13H13F3O3/c1-3-19-12(17)11(13(14,15)16)8-9-4-6-10(18-2)7-5-9/h4-8H,3H2,1-2H3/b11-8+. The van der Waals surface area contributed by atoms with E-state index in [4.69, 9.17) is 4.74 Å². The van der Waals surface area contributed by atoms with Crippen LogP contribution in [0.25, 0.3) is 6.08 Å². The predicted molar refractivity (Wildman–Crippen MR) is 63.7 cm³/mol. The molecule has 3 nitrogen and oxygen atoms in total. The van der Waals surface area contributed by atoms with Gasteiger partial charge in [-0.1, -0.05) is 12.1 Å². The lowest BCUT2D eigenvalue weighted by Crippen LogP contribution is -2.22. The molecule has 0 heterocycles. The SMILES string of the molecule is CCOC(=O)/C(=C\c1ccc(OC)cc1)C(F)(F)F. The number of benzene rings is 1. The van der Waals surface area contributed by atoms with Crippen LogP contribution in [0, 0.1) is 0 Å². The molecule has 0 unspecified atom stereocenters. The summed E-state index contributed by atoms with van der Waals surface area (Å²) in [6, 6.07) is 5.85. The lowest BCUT2D eigenvalue weighted by Gasteiger charge is -2.10. The minimum Gasteiger partial charge on any atom is -0.497 e. The Morgan fingerprint density at radius 3 is 2.26 bits per heavy atom. The van der Waals surface area contributed by atoms with Crippen LogP contribution in [0.4, 0.5) is 13.2 Å². The Hall–Kier alpha value is -1.98. The molecule has 6 heteroatoms. The van der Waals surface area contributed by atoms with Gasteiger partial charge in [0.2, 0.25) is 0 Å².